The highest BCUT2D eigenvalue weighted by atomic mass is 79.9. The molecule has 1 aromatic carbocycles. The van der Waals surface area contributed by atoms with Crippen LogP contribution in [0.4, 0.5) is 5.82 Å². The number of hydrogen-bond donors (Lipinski definition) is 1. The molecular weight excluding hydrogens is 334 g/mol. The summed E-state index contributed by atoms with van der Waals surface area (Å²) in [5, 5.41) is 12.4. The van der Waals surface area contributed by atoms with Crippen LogP contribution in [0.2, 0.25) is 0 Å². The van der Waals surface area contributed by atoms with Gasteiger partial charge in [-0.1, -0.05) is 22.9 Å². The fraction of sp³-hybridized carbons (Fsp3) is 0.200. The van der Waals surface area contributed by atoms with Gasteiger partial charge in [-0.3, -0.25) is 0 Å². The zero-order valence-corrected chi connectivity index (χ0v) is 13.4. The van der Waals surface area contributed by atoms with Crippen LogP contribution in [0.3, 0.4) is 0 Å². The fourth-order valence-corrected chi connectivity index (χ4v) is 2.79. The normalized spacial score (nSPS) is 11.7. The van der Waals surface area contributed by atoms with Crippen molar-refractivity contribution in [2.75, 3.05) is 11.9 Å². The molecule has 0 saturated heterocycles. The maximum Gasteiger partial charge on any atom is 0.126 e. The SMILES string of the molecule is CC(CNc1ccc(C#N)cn1)Sc1ccc(Br)cc1. The second kappa shape index (κ2) is 7.32. The van der Waals surface area contributed by atoms with Gasteiger partial charge in [-0.25, -0.2) is 4.98 Å². The van der Waals surface area contributed by atoms with Gasteiger partial charge in [0.25, 0.3) is 0 Å². The molecule has 1 atom stereocenters. The van der Waals surface area contributed by atoms with Gasteiger partial charge in [-0.05, 0) is 36.4 Å². The van der Waals surface area contributed by atoms with Crippen molar-refractivity contribution in [2.45, 2.75) is 17.1 Å². The quantitative estimate of drug-likeness (QED) is 0.818. The molecule has 5 heteroatoms. The Kier molecular flexibility index (Phi) is 5.45. The topological polar surface area (TPSA) is 48.7 Å². The maximum atomic E-state index is 8.71. The van der Waals surface area contributed by atoms with E-state index >= 15 is 0 Å². The number of hydrogen-bond acceptors (Lipinski definition) is 4. The molecule has 0 aliphatic heterocycles. The molecule has 0 aliphatic rings. The van der Waals surface area contributed by atoms with E-state index in [9.17, 15) is 0 Å². The Labute approximate surface area is 131 Å². The van der Waals surface area contributed by atoms with Gasteiger partial charge < -0.3 is 5.32 Å². The van der Waals surface area contributed by atoms with E-state index in [4.69, 9.17) is 5.26 Å². The molecule has 1 N–H and O–H groups in total. The lowest BCUT2D eigenvalue weighted by Crippen LogP contribution is -2.13. The Morgan fingerprint density at radius 2 is 2.05 bits per heavy atom. The Morgan fingerprint density at radius 1 is 1.30 bits per heavy atom. The molecule has 0 spiro atoms. The lowest BCUT2D eigenvalue weighted by atomic mass is 10.3. The smallest absolute Gasteiger partial charge is 0.126 e. The Balaban J connectivity index is 1.83. The molecule has 0 bridgehead atoms. The summed E-state index contributed by atoms with van der Waals surface area (Å²) < 4.78 is 1.09. The van der Waals surface area contributed by atoms with Crippen molar-refractivity contribution in [1.82, 2.24) is 4.98 Å². The predicted octanol–water partition coefficient (Wildman–Crippen LogP) is 4.31. The van der Waals surface area contributed by atoms with Gasteiger partial charge in [0.15, 0.2) is 0 Å². The molecule has 20 heavy (non-hydrogen) atoms. The molecule has 1 aromatic heterocycles. The summed E-state index contributed by atoms with van der Waals surface area (Å²) in [7, 11) is 0. The van der Waals surface area contributed by atoms with Crippen molar-refractivity contribution in [1.29, 1.82) is 5.26 Å². The van der Waals surface area contributed by atoms with Crippen LogP contribution in [-0.2, 0) is 0 Å². The van der Waals surface area contributed by atoms with E-state index in [0.29, 0.717) is 10.8 Å². The number of aromatic nitrogens is 1. The minimum Gasteiger partial charge on any atom is -0.369 e. The Bertz CT molecular complexity index is 590. The molecule has 1 unspecified atom stereocenters. The molecule has 0 fully saturated rings. The molecule has 3 nitrogen and oxygen atoms in total. The largest absolute Gasteiger partial charge is 0.369 e. The summed E-state index contributed by atoms with van der Waals surface area (Å²) in [5.74, 6) is 0.798. The molecule has 0 radical (unpaired) electrons. The zero-order chi connectivity index (χ0) is 14.4. The molecule has 0 saturated carbocycles. The van der Waals surface area contributed by atoms with E-state index in [2.05, 4.69) is 51.4 Å². The number of pyridine rings is 1. The van der Waals surface area contributed by atoms with Gasteiger partial charge in [0.1, 0.15) is 11.9 Å². The molecular formula is C15H14BrN3S. The number of benzene rings is 1. The molecule has 0 aliphatic carbocycles. The van der Waals surface area contributed by atoms with E-state index in [1.807, 2.05) is 30.0 Å². The van der Waals surface area contributed by atoms with E-state index in [0.717, 1.165) is 16.8 Å². The van der Waals surface area contributed by atoms with E-state index in [1.54, 1.807) is 12.3 Å². The van der Waals surface area contributed by atoms with Crippen LogP contribution in [0.25, 0.3) is 0 Å². The molecule has 2 rings (SSSR count). The number of nitrogens with zero attached hydrogens (tertiary/aromatic N) is 2. The Hall–Kier alpha value is -1.51. The van der Waals surface area contributed by atoms with Gasteiger partial charge in [0.2, 0.25) is 0 Å². The van der Waals surface area contributed by atoms with Crippen LogP contribution in [-0.4, -0.2) is 16.8 Å². The van der Waals surface area contributed by atoms with Gasteiger partial charge in [0.05, 0.1) is 5.56 Å². The summed E-state index contributed by atoms with van der Waals surface area (Å²) in [6.45, 7) is 2.99. The van der Waals surface area contributed by atoms with Crippen LogP contribution in [0.5, 0.6) is 0 Å². The summed E-state index contributed by atoms with van der Waals surface area (Å²) in [4.78, 5) is 5.44. The van der Waals surface area contributed by atoms with Crippen molar-refractivity contribution < 1.29 is 0 Å². The van der Waals surface area contributed by atoms with Gasteiger partial charge in [-0.2, -0.15) is 5.26 Å². The molecule has 1 heterocycles. The first-order chi connectivity index (χ1) is 9.67. The van der Waals surface area contributed by atoms with Crippen molar-refractivity contribution in [3.63, 3.8) is 0 Å². The second-order valence-electron chi connectivity index (χ2n) is 4.31. The van der Waals surface area contributed by atoms with Crippen LogP contribution in [0, 0.1) is 11.3 Å². The van der Waals surface area contributed by atoms with Crippen molar-refractivity contribution >= 4 is 33.5 Å². The van der Waals surface area contributed by atoms with Crippen molar-refractivity contribution in [2.24, 2.45) is 0 Å². The highest BCUT2D eigenvalue weighted by molar-refractivity contribution is 9.10. The highest BCUT2D eigenvalue weighted by Crippen LogP contribution is 2.24. The number of anilines is 1. The van der Waals surface area contributed by atoms with Crippen molar-refractivity contribution in [3.05, 3.63) is 52.6 Å². The van der Waals surface area contributed by atoms with Gasteiger partial charge >= 0.3 is 0 Å². The predicted molar refractivity (Wildman–Crippen MR) is 86.9 cm³/mol. The number of nitrogens with one attached hydrogen (secondary N) is 1. The average Bonchev–Trinajstić information content (AvgIpc) is 2.48. The summed E-state index contributed by atoms with van der Waals surface area (Å²) in [6, 6.07) is 14.0. The van der Waals surface area contributed by atoms with Gasteiger partial charge in [-0.15, -0.1) is 11.8 Å². The lowest BCUT2D eigenvalue weighted by Gasteiger charge is -2.13. The summed E-state index contributed by atoms with van der Waals surface area (Å²) in [5.41, 5.74) is 0.577. The summed E-state index contributed by atoms with van der Waals surface area (Å²) >= 11 is 5.25. The molecule has 102 valence electrons. The fourth-order valence-electron chi connectivity index (χ4n) is 1.60. The first-order valence-electron chi connectivity index (χ1n) is 6.19. The van der Waals surface area contributed by atoms with Gasteiger partial charge in [0, 0.05) is 27.4 Å². The second-order valence-corrected chi connectivity index (χ2v) is 6.73. The minimum atomic E-state index is 0.425. The van der Waals surface area contributed by atoms with Crippen LogP contribution in [0.1, 0.15) is 12.5 Å². The molecule has 2 aromatic rings. The van der Waals surface area contributed by atoms with Crippen molar-refractivity contribution in [3.8, 4) is 6.07 Å². The third-order valence-corrected chi connectivity index (χ3v) is 4.26. The third kappa shape index (κ3) is 4.55. The zero-order valence-electron chi connectivity index (χ0n) is 11.0. The van der Waals surface area contributed by atoms with Crippen LogP contribution < -0.4 is 5.32 Å². The molecule has 0 amide bonds. The Morgan fingerprint density at radius 3 is 2.65 bits per heavy atom. The van der Waals surface area contributed by atoms with E-state index < -0.39 is 0 Å². The summed E-state index contributed by atoms with van der Waals surface area (Å²) in [6.07, 6.45) is 1.58. The highest BCUT2D eigenvalue weighted by Gasteiger charge is 2.05. The number of halogens is 1. The number of rotatable bonds is 5. The van der Waals surface area contributed by atoms with E-state index in [1.165, 1.54) is 4.90 Å². The standard InChI is InChI=1S/C15H14BrN3S/c1-11(20-14-5-3-13(16)4-6-14)9-18-15-7-2-12(8-17)10-19-15/h2-7,10-11H,9H2,1H3,(H,18,19). The van der Waals surface area contributed by atoms with E-state index in [-0.39, 0.29) is 0 Å². The third-order valence-electron chi connectivity index (χ3n) is 2.61. The van der Waals surface area contributed by atoms with Crippen LogP contribution >= 0.6 is 27.7 Å². The number of thioether (sulfide) groups is 1. The first kappa shape index (κ1) is 14.9. The average molecular weight is 348 g/mol. The minimum absolute atomic E-state index is 0.425. The van der Waals surface area contributed by atoms with Crippen LogP contribution in [0.15, 0.2) is 52.0 Å². The maximum absolute atomic E-state index is 8.71. The number of nitriles is 1. The first-order valence-corrected chi connectivity index (χ1v) is 7.87. The lowest BCUT2D eigenvalue weighted by molar-refractivity contribution is 0.987. The monoisotopic (exact) mass is 347 g/mol.